The molecule has 2 heterocycles. The molecule has 1 saturated heterocycles. The van der Waals surface area contributed by atoms with Gasteiger partial charge in [0.25, 0.3) is 0 Å². The maximum atomic E-state index is 9.98. The van der Waals surface area contributed by atoms with Crippen molar-refractivity contribution in [3.8, 4) is 0 Å². The van der Waals surface area contributed by atoms with Gasteiger partial charge in [-0.05, 0) is 12.5 Å². The standard InChI is InChI=1S/C11H17N3O/c1-2-4-11(15)8-14(9-11)7-10-12-5-3-6-13-10/h3,5-6,15H,2,4,7-9H2,1H3. The number of aliphatic hydroxyl groups is 1. The molecule has 2 rings (SSSR count). The number of nitrogens with zero attached hydrogens (tertiary/aromatic N) is 3. The molecule has 0 saturated carbocycles. The summed E-state index contributed by atoms with van der Waals surface area (Å²) in [7, 11) is 0. The van der Waals surface area contributed by atoms with E-state index in [1.807, 2.05) is 6.07 Å². The molecule has 0 spiro atoms. The monoisotopic (exact) mass is 207 g/mol. The Morgan fingerprint density at radius 1 is 1.40 bits per heavy atom. The van der Waals surface area contributed by atoms with Crippen molar-refractivity contribution in [2.24, 2.45) is 0 Å². The fourth-order valence-electron chi connectivity index (χ4n) is 2.13. The zero-order chi connectivity index (χ0) is 10.7. The van der Waals surface area contributed by atoms with Crippen LogP contribution in [-0.4, -0.2) is 38.7 Å². The van der Waals surface area contributed by atoms with Crippen LogP contribution in [0.15, 0.2) is 18.5 Å². The maximum absolute atomic E-state index is 9.98. The van der Waals surface area contributed by atoms with E-state index in [2.05, 4.69) is 21.8 Å². The van der Waals surface area contributed by atoms with Crippen LogP contribution in [0.2, 0.25) is 0 Å². The van der Waals surface area contributed by atoms with E-state index in [0.29, 0.717) is 0 Å². The molecule has 82 valence electrons. The molecule has 0 atom stereocenters. The summed E-state index contributed by atoms with van der Waals surface area (Å²) in [6.07, 6.45) is 5.42. The van der Waals surface area contributed by atoms with Crippen molar-refractivity contribution in [3.63, 3.8) is 0 Å². The Morgan fingerprint density at radius 2 is 2.07 bits per heavy atom. The summed E-state index contributed by atoms with van der Waals surface area (Å²) in [4.78, 5) is 10.5. The zero-order valence-electron chi connectivity index (χ0n) is 9.06. The minimum Gasteiger partial charge on any atom is -0.387 e. The third-order valence-electron chi connectivity index (χ3n) is 2.74. The van der Waals surface area contributed by atoms with Crippen LogP contribution in [0.1, 0.15) is 25.6 Å². The average molecular weight is 207 g/mol. The molecule has 1 aliphatic rings. The first-order chi connectivity index (χ1) is 7.22. The van der Waals surface area contributed by atoms with Gasteiger partial charge >= 0.3 is 0 Å². The van der Waals surface area contributed by atoms with E-state index in [1.165, 1.54) is 0 Å². The molecule has 0 bridgehead atoms. The molecule has 1 aromatic rings. The summed E-state index contributed by atoms with van der Waals surface area (Å²) >= 11 is 0. The van der Waals surface area contributed by atoms with E-state index >= 15 is 0 Å². The van der Waals surface area contributed by atoms with Gasteiger partial charge in [0.05, 0.1) is 12.1 Å². The van der Waals surface area contributed by atoms with Gasteiger partial charge in [-0.1, -0.05) is 13.3 Å². The van der Waals surface area contributed by atoms with Gasteiger partial charge in [0.2, 0.25) is 0 Å². The van der Waals surface area contributed by atoms with Crippen molar-refractivity contribution in [3.05, 3.63) is 24.3 Å². The van der Waals surface area contributed by atoms with Crippen molar-refractivity contribution in [2.75, 3.05) is 13.1 Å². The zero-order valence-corrected chi connectivity index (χ0v) is 9.06. The van der Waals surface area contributed by atoms with Gasteiger partial charge in [-0.15, -0.1) is 0 Å². The Hall–Kier alpha value is -1.00. The average Bonchev–Trinajstić information content (AvgIpc) is 2.17. The van der Waals surface area contributed by atoms with Gasteiger partial charge in [-0.2, -0.15) is 0 Å². The molecule has 15 heavy (non-hydrogen) atoms. The molecule has 1 fully saturated rings. The summed E-state index contributed by atoms with van der Waals surface area (Å²) in [5.74, 6) is 0.830. The molecule has 0 amide bonds. The van der Waals surface area contributed by atoms with Crippen LogP contribution in [-0.2, 0) is 6.54 Å². The summed E-state index contributed by atoms with van der Waals surface area (Å²) in [5.41, 5.74) is -0.455. The first-order valence-electron chi connectivity index (χ1n) is 5.42. The molecule has 4 nitrogen and oxygen atoms in total. The van der Waals surface area contributed by atoms with Crippen molar-refractivity contribution >= 4 is 0 Å². The Morgan fingerprint density at radius 3 is 2.67 bits per heavy atom. The highest BCUT2D eigenvalue weighted by Crippen LogP contribution is 2.26. The Bertz CT molecular complexity index is 309. The van der Waals surface area contributed by atoms with Crippen molar-refractivity contribution in [1.82, 2.24) is 14.9 Å². The lowest BCUT2D eigenvalue weighted by Crippen LogP contribution is -2.61. The van der Waals surface area contributed by atoms with Crippen LogP contribution in [0.3, 0.4) is 0 Å². The second-order valence-electron chi connectivity index (χ2n) is 4.28. The normalized spacial score (nSPS) is 19.9. The van der Waals surface area contributed by atoms with E-state index in [9.17, 15) is 5.11 Å². The molecule has 1 N–H and O–H groups in total. The van der Waals surface area contributed by atoms with Crippen molar-refractivity contribution in [1.29, 1.82) is 0 Å². The topological polar surface area (TPSA) is 49.2 Å². The molecule has 0 radical (unpaired) electrons. The van der Waals surface area contributed by atoms with E-state index < -0.39 is 5.60 Å². The van der Waals surface area contributed by atoms with Crippen LogP contribution >= 0.6 is 0 Å². The lowest BCUT2D eigenvalue weighted by molar-refractivity contribution is -0.107. The first-order valence-corrected chi connectivity index (χ1v) is 5.42. The molecule has 4 heteroatoms. The fourth-order valence-corrected chi connectivity index (χ4v) is 2.13. The van der Waals surface area contributed by atoms with Crippen LogP contribution in [0.5, 0.6) is 0 Å². The first kappa shape index (κ1) is 10.5. The third-order valence-corrected chi connectivity index (χ3v) is 2.74. The third kappa shape index (κ3) is 2.52. The largest absolute Gasteiger partial charge is 0.387 e. The maximum Gasteiger partial charge on any atom is 0.142 e. The summed E-state index contributed by atoms with van der Waals surface area (Å²) in [5, 5.41) is 9.98. The van der Waals surface area contributed by atoms with Gasteiger partial charge in [-0.25, -0.2) is 9.97 Å². The van der Waals surface area contributed by atoms with Gasteiger partial charge in [0, 0.05) is 25.5 Å². The second-order valence-corrected chi connectivity index (χ2v) is 4.28. The van der Waals surface area contributed by atoms with Gasteiger partial charge in [0.1, 0.15) is 5.82 Å². The fraction of sp³-hybridized carbons (Fsp3) is 0.636. The van der Waals surface area contributed by atoms with Gasteiger partial charge in [0.15, 0.2) is 0 Å². The van der Waals surface area contributed by atoms with Gasteiger partial charge < -0.3 is 5.11 Å². The van der Waals surface area contributed by atoms with Gasteiger partial charge in [-0.3, -0.25) is 4.90 Å². The number of likely N-dealkylation sites (tertiary alicyclic amines) is 1. The lowest BCUT2D eigenvalue weighted by atomic mass is 9.89. The molecule has 0 aliphatic carbocycles. The SMILES string of the molecule is CCCC1(O)CN(Cc2ncccn2)C1. The number of hydrogen-bond acceptors (Lipinski definition) is 4. The summed E-state index contributed by atoms with van der Waals surface area (Å²) < 4.78 is 0. The predicted octanol–water partition coefficient (Wildman–Crippen LogP) is 0.823. The van der Waals surface area contributed by atoms with E-state index in [-0.39, 0.29) is 0 Å². The minimum atomic E-state index is -0.455. The lowest BCUT2D eigenvalue weighted by Gasteiger charge is -2.46. The highest BCUT2D eigenvalue weighted by atomic mass is 16.3. The van der Waals surface area contributed by atoms with Crippen LogP contribution in [0.25, 0.3) is 0 Å². The minimum absolute atomic E-state index is 0.455. The summed E-state index contributed by atoms with van der Waals surface area (Å²) in [6, 6.07) is 1.81. The second kappa shape index (κ2) is 4.24. The molecular formula is C11H17N3O. The van der Waals surface area contributed by atoms with Crippen LogP contribution in [0, 0.1) is 0 Å². The number of hydrogen-bond donors (Lipinski definition) is 1. The van der Waals surface area contributed by atoms with E-state index in [1.54, 1.807) is 12.4 Å². The van der Waals surface area contributed by atoms with Crippen LogP contribution < -0.4 is 0 Å². The van der Waals surface area contributed by atoms with Crippen molar-refractivity contribution in [2.45, 2.75) is 31.9 Å². The Kier molecular flexibility index (Phi) is 2.98. The van der Waals surface area contributed by atoms with Crippen LogP contribution in [0.4, 0.5) is 0 Å². The Labute approximate surface area is 90.0 Å². The highest BCUT2D eigenvalue weighted by Gasteiger charge is 2.40. The summed E-state index contributed by atoms with van der Waals surface area (Å²) in [6.45, 7) is 4.34. The number of β-amino-alcohol motifs (C(OH)–C–C–N with tert-alkyl or cyclic N) is 1. The molecule has 1 aliphatic heterocycles. The molecular weight excluding hydrogens is 190 g/mol. The number of rotatable bonds is 4. The molecule has 1 aromatic heterocycles. The Balaban J connectivity index is 1.81. The quantitative estimate of drug-likeness (QED) is 0.794. The molecule has 0 aromatic carbocycles. The highest BCUT2D eigenvalue weighted by molar-refractivity contribution is 4.98. The van der Waals surface area contributed by atoms with E-state index in [4.69, 9.17) is 0 Å². The van der Waals surface area contributed by atoms with E-state index in [0.717, 1.165) is 38.3 Å². The number of aromatic nitrogens is 2. The molecule has 0 unspecified atom stereocenters. The van der Waals surface area contributed by atoms with Crippen molar-refractivity contribution < 1.29 is 5.11 Å². The predicted molar refractivity (Wildman–Crippen MR) is 57.2 cm³/mol. The smallest absolute Gasteiger partial charge is 0.142 e.